The molecule has 3 aromatic rings. The first-order valence-corrected chi connectivity index (χ1v) is 15.8. The second-order valence-electron chi connectivity index (χ2n) is 12.4. The Labute approximate surface area is 257 Å². The van der Waals surface area contributed by atoms with Crippen LogP contribution >= 0.6 is 0 Å². The first-order chi connectivity index (χ1) is 20.6. The second kappa shape index (κ2) is 14.1. The quantitative estimate of drug-likeness (QED) is 0.117. The highest BCUT2D eigenvalue weighted by Gasteiger charge is 2.33. The Morgan fingerprint density at radius 2 is 1.88 bits per heavy atom. The van der Waals surface area contributed by atoms with E-state index in [9.17, 15) is 10.1 Å². The van der Waals surface area contributed by atoms with E-state index in [1.807, 2.05) is 38.8 Å². The smallest absolute Gasteiger partial charge is 0.232 e. The molecule has 1 amide bonds. The fraction of sp³-hybridized carbons (Fsp3) is 0.514. The number of hydrogen-bond donors (Lipinski definition) is 3. The first kappa shape index (κ1) is 32.1. The van der Waals surface area contributed by atoms with E-state index in [0.717, 1.165) is 40.7 Å². The number of aliphatic imine (C=N–C) groups is 1. The number of hydrogen-bond acceptors (Lipinski definition) is 4. The Balaban J connectivity index is 1.65. The summed E-state index contributed by atoms with van der Waals surface area (Å²) < 4.78 is 0. The van der Waals surface area contributed by atoms with E-state index >= 15 is 0 Å². The summed E-state index contributed by atoms with van der Waals surface area (Å²) >= 11 is 0. The predicted octanol–water partition coefficient (Wildman–Crippen LogP) is 5.64. The molecule has 0 bridgehead atoms. The molecule has 230 valence electrons. The average Bonchev–Trinajstić information content (AvgIpc) is 3.55. The molecule has 1 unspecified atom stereocenters. The van der Waals surface area contributed by atoms with Crippen molar-refractivity contribution in [3.05, 3.63) is 58.7 Å². The number of amides is 1. The zero-order valence-corrected chi connectivity index (χ0v) is 27.1. The highest BCUT2D eigenvalue weighted by atomic mass is 16.2. The highest BCUT2D eigenvalue weighted by molar-refractivity contribution is 5.94. The molecular formula is C35H49N7O. The fourth-order valence-electron chi connectivity index (χ4n) is 6.46. The van der Waals surface area contributed by atoms with E-state index in [2.05, 4.69) is 77.8 Å². The lowest BCUT2D eigenvalue weighted by Gasteiger charge is -2.31. The molecule has 3 N–H and O–H groups in total. The van der Waals surface area contributed by atoms with E-state index in [4.69, 9.17) is 4.99 Å². The standard InChI is InChI=1S/C35H49N7O/c1-8-42(9-2)33(43)35(5,6)27-12-13-31-30(22-27)29(32(40-31)26-20-24(3)19-25(4)21-26)15-17-38-34(39-23-36)37-16-14-28-11-10-18-41(28)7/h12-13,19-22,28,40H,8-11,14-18H2,1-7H3,(H2,37,38,39). The van der Waals surface area contributed by atoms with Crippen LogP contribution in [0.25, 0.3) is 22.2 Å². The third-order valence-electron chi connectivity index (χ3n) is 8.97. The second-order valence-corrected chi connectivity index (χ2v) is 12.4. The van der Waals surface area contributed by atoms with Gasteiger partial charge in [-0.25, -0.2) is 0 Å². The number of fused-ring (bicyclic) bond motifs is 1. The summed E-state index contributed by atoms with van der Waals surface area (Å²) in [7, 11) is 2.18. The summed E-state index contributed by atoms with van der Waals surface area (Å²) in [6.45, 7) is 16.2. The number of aromatic amines is 1. The van der Waals surface area contributed by atoms with Gasteiger partial charge in [0, 0.05) is 48.8 Å². The average molecular weight is 584 g/mol. The zero-order valence-electron chi connectivity index (χ0n) is 27.1. The Bertz CT molecular complexity index is 1470. The van der Waals surface area contributed by atoms with Crippen molar-refractivity contribution in [3.8, 4) is 17.5 Å². The van der Waals surface area contributed by atoms with Crippen molar-refractivity contribution in [2.45, 2.75) is 78.7 Å². The maximum absolute atomic E-state index is 13.5. The lowest BCUT2D eigenvalue weighted by Crippen LogP contribution is -2.43. The minimum atomic E-state index is -0.656. The molecule has 0 radical (unpaired) electrons. The van der Waals surface area contributed by atoms with Gasteiger partial charge < -0.3 is 20.1 Å². The fourth-order valence-corrected chi connectivity index (χ4v) is 6.46. The third-order valence-corrected chi connectivity index (χ3v) is 8.97. The normalized spacial score (nSPS) is 16.0. The number of aromatic nitrogens is 1. The largest absolute Gasteiger partial charge is 0.355 e. The predicted molar refractivity (Wildman–Crippen MR) is 177 cm³/mol. The molecule has 4 rings (SSSR count). The molecule has 1 aromatic heterocycles. The van der Waals surface area contributed by atoms with Crippen molar-refractivity contribution < 1.29 is 4.79 Å². The van der Waals surface area contributed by atoms with Crippen molar-refractivity contribution in [1.82, 2.24) is 25.4 Å². The molecule has 0 aliphatic carbocycles. The van der Waals surface area contributed by atoms with Gasteiger partial charge in [0.05, 0.1) is 5.41 Å². The Morgan fingerprint density at radius 3 is 2.51 bits per heavy atom. The summed E-state index contributed by atoms with van der Waals surface area (Å²) in [5, 5.41) is 16.6. The van der Waals surface area contributed by atoms with Gasteiger partial charge in [-0.15, -0.1) is 0 Å². The summed E-state index contributed by atoms with van der Waals surface area (Å²) in [4.78, 5) is 26.2. The van der Waals surface area contributed by atoms with Gasteiger partial charge in [0.2, 0.25) is 11.9 Å². The molecule has 2 heterocycles. The topological polar surface area (TPSA) is 99.6 Å². The van der Waals surface area contributed by atoms with Crippen LogP contribution in [0.5, 0.6) is 0 Å². The van der Waals surface area contributed by atoms with Crippen LogP contribution in [0.3, 0.4) is 0 Å². The molecule has 0 spiro atoms. The lowest BCUT2D eigenvalue weighted by molar-refractivity contribution is -0.135. The maximum atomic E-state index is 13.5. The molecule has 1 saturated heterocycles. The molecular weight excluding hydrogens is 534 g/mol. The Morgan fingerprint density at radius 1 is 1.16 bits per heavy atom. The van der Waals surface area contributed by atoms with Gasteiger partial charge in [0.25, 0.3) is 0 Å². The zero-order chi connectivity index (χ0) is 31.1. The number of nitriles is 1. The highest BCUT2D eigenvalue weighted by Crippen LogP contribution is 2.35. The van der Waals surface area contributed by atoms with E-state index in [0.29, 0.717) is 44.6 Å². The summed E-state index contributed by atoms with van der Waals surface area (Å²) in [5.74, 6) is 0.653. The van der Waals surface area contributed by atoms with Crippen molar-refractivity contribution in [2.75, 3.05) is 39.8 Å². The van der Waals surface area contributed by atoms with Crippen molar-refractivity contribution in [2.24, 2.45) is 4.99 Å². The number of nitrogens with one attached hydrogen (secondary N) is 3. The number of rotatable bonds is 11. The summed E-state index contributed by atoms with van der Waals surface area (Å²) in [6.07, 6.45) is 6.18. The van der Waals surface area contributed by atoms with Crippen LogP contribution in [0, 0.1) is 25.3 Å². The van der Waals surface area contributed by atoms with Crippen LogP contribution in [0.1, 0.15) is 69.2 Å². The van der Waals surface area contributed by atoms with Crippen LogP contribution in [0.2, 0.25) is 0 Å². The van der Waals surface area contributed by atoms with E-state index in [-0.39, 0.29) is 5.91 Å². The van der Waals surface area contributed by atoms with Crippen molar-refractivity contribution in [1.29, 1.82) is 5.26 Å². The van der Waals surface area contributed by atoms with E-state index in [1.54, 1.807) is 0 Å². The molecule has 2 aromatic carbocycles. The SMILES string of the molecule is CCN(CC)C(=O)C(C)(C)c1ccc2[nH]c(-c3cc(C)cc(C)c3)c(CCNC(=NCCC3CCCN3C)NC#N)c2c1. The summed E-state index contributed by atoms with van der Waals surface area (Å²) in [6, 6.07) is 13.6. The van der Waals surface area contributed by atoms with Gasteiger partial charge in [-0.1, -0.05) is 23.3 Å². The molecule has 8 nitrogen and oxygen atoms in total. The molecule has 1 aliphatic rings. The number of carbonyl (C=O) groups is 1. The van der Waals surface area contributed by atoms with Gasteiger partial charge in [-0.05, 0) is 122 Å². The first-order valence-electron chi connectivity index (χ1n) is 15.8. The van der Waals surface area contributed by atoms with Crippen molar-refractivity contribution in [3.63, 3.8) is 0 Å². The van der Waals surface area contributed by atoms with Crippen LogP contribution < -0.4 is 10.6 Å². The number of likely N-dealkylation sites (tertiary alicyclic amines) is 1. The monoisotopic (exact) mass is 583 g/mol. The van der Waals surface area contributed by atoms with E-state index < -0.39 is 5.41 Å². The van der Waals surface area contributed by atoms with Crippen LogP contribution in [-0.2, 0) is 16.6 Å². The van der Waals surface area contributed by atoms with Crippen molar-refractivity contribution >= 4 is 22.8 Å². The minimum absolute atomic E-state index is 0.136. The molecule has 1 atom stereocenters. The summed E-state index contributed by atoms with van der Waals surface area (Å²) in [5.41, 5.74) is 7.24. The van der Waals surface area contributed by atoms with Gasteiger partial charge >= 0.3 is 0 Å². The molecule has 43 heavy (non-hydrogen) atoms. The maximum Gasteiger partial charge on any atom is 0.232 e. The number of guanidine groups is 1. The molecule has 1 fully saturated rings. The van der Waals surface area contributed by atoms with Gasteiger partial charge in [-0.2, -0.15) is 5.26 Å². The third kappa shape index (κ3) is 7.40. The minimum Gasteiger partial charge on any atom is -0.355 e. The van der Waals surface area contributed by atoms with Gasteiger partial charge in [0.15, 0.2) is 6.19 Å². The molecule has 0 saturated carbocycles. The number of H-pyrrole nitrogens is 1. The van der Waals surface area contributed by atoms with Gasteiger partial charge in [0.1, 0.15) is 0 Å². The van der Waals surface area contributed by atoms with Gasteiger partial charge in [-0.3, -0.25) is 15.1 Å². The van der Waals surface area contributed by atoms with Crippen LogP contribution in [0.15, 0.2) is 41.4 Å². The Hall–Kier alpha value is -3.83. The number of aryl methyl sites for hydroxylation is 2. The number of likely N-dealkylation sites (N-methyl/N-ethyl adjacent to an activating group) is 1. The number of carbonyl (C=O) groups excluding carboxylic acids is 1. The van der Waals surface area contributed by atoms with E-state index in [1.165, 1.54) is 29.5 Å². The molecule has 8 heteroatoms. The van der Waals surface area contributed by atoms with Crippen LogP contribution in [0.4, 0.5) is 0 Å². The Kier molecular flexibility index (Phi) is 10.5. The lowest BCUT2D eigenvalue weighted by atomic mass is 9.82. The van der Waals surface area contributed by atoms with Crippen LogP contribution in [-0.4, -0.2) is 72.5 Å². The number of nitrogens with zero attached hydrogens (tertiary/aromatic N) is 4. The number of benzene rings is 2. The molecule has 1 aliphatic heterocycles.